The van der Waals surface area contributed by atoms with Crippen molar-refractivity contribution >= 4 is 39.6 Å². The zero-order chi connectivity index (χ0) is 24.6. The Morgan fingerprint density at radius 2 is 1.78 bits per heavy atom. The van der Waals surface area contributed by atoms with E-state index >= 15 is 0 Å². The number of carbonyl (C=O) groups is 1. The van der Waals surface area contributed by atoms with Crippen LogP contribution in [0.15, 0.2) is 95.9 Å². The molecular weight excluding hydrogens is 444 g/mol. The second-order valence-electron chi connectivity index (χ2n) is 9.29. The van der Waals surface area contributed by atoms with Crippen molar-refractivity contribution in [3.8, 4) is 0 Å². The number of fused-ring (bicyclic) bond motifs is 2. The third-order valence-electron chi connectivity index (χ3n) is 6.96. The van der Waals surface area contributed by atoms with Gasteiger partial charge in [-0.2, -0.15) is 0 Å². The lowest BCUT2D eigenvalue weighted by Crippen LogP contribution is -2.34. The molecule has 0 fully saturated rings. The van der Waals surface area contributed by atoms with E-state index < -0.39 is 0 Å². The molecule has 0 atom stereocenters. The molecule has 1 amide bonds. The summed E-state index contributed by atoms with van der Waals surface area (Å²) in [7, 11) is 0. The number of hydrogen-bond acceptors (Lipinski definition) is 2. The number of benzene rings is 3. The molecule has 1 aliphatic heterocycles. The lowest BCUT2D eigenvalue weighted by molar-refractivity contribution is -0.122. The molecule has 36 heavy (non-hydrogen) atoms. The molecule has 2 aromatic heterocycles. The van der Waals surface area contributed by atoms with Crippen LogP contribution in [-0.4, -0.2) is 32.7 Å². The normalized spacial score (nSPS) is 14.9. The fraction of sp³-hybridized carbons (Fsp3) is 0.161. The highest BCUT2D eigenvalue weighted by atomic mass is 16.2. The molecule has 5 nitrogen and oxygen atoms in total. The minimum absolute atomic E-state index is 0.0572. The first-order valence-electron chi connectivity index (χ1n) is 12.4. The Kier molecular flexibility index (Phi) is 5.53. The third-order valence-corrected chi connectivity index (χ3v) is 6.96. The largest absolute Gasteiger partial charge is 0.361 e. The molecular formula is C31H28N4O. The maximum absolute atomic E-state index is 13.7. The van der Waals surface area contributed by atoms with Crippen LogP contribution in [0.4, 0.5) is 0 Å². The summed E-state index contributed by atoms with van der Waals surface area (Å²) in [6.45, 7) is 5.66. The lowest BCUT2D eigenvalue weighted by atomic mass is 10.1. The minimum atomic E-state index is -0.0572. The fourth-order valence-electron chi connectivity index (χ4n) is 5.10. The van der Waals surface area contributed by atoms with Gasteiger partial charge in [0.1, 0.15) is 11.5 Å². The van der Waals surface area contributed by atoms with Gasteiger partial charge in [-0.15, -0.1) is 0 Å². The van der Waals surface area contributed by atoms with E-state index in [1.165, 1.54) is 16.5 Å². The number of amidine groups is 1. The molecule has 5 aromatic rings. The van der Waals surface area contributed by atoms with Gasteiger partial charge in [0, 0.05) is 58.4 Å². The molecule has 3 heterocycles. The third kappa shape index (κ3) is 3.83. The first-order valence-corrected chi connectivity index (χ1v) is 12.4. The van der Waals surface area contributed by atoms with E-state index in [-0.39, 0.29) is 5.91 Å². The molecule has 5 heteroatoms. The molecule has 0 bridgehead atoms. The van der Waals surface area contributed by atoms with Crippen molar-refractivity contribution in [1.82, 2.24) is 14.5 Å². The number of aromatic amines is 1. The zero-order valence-electron chi connectivity index (χ0n) is 20.5. The average Bonchev–Trinajstić information content (AvgIpc) is 3.57. The number of nitrogens with zero attached hydrogens (tertiary/aromatic N) is 3. The summed E-state index contributed by atoms with van der Waals surface area (Å²) in [4.78, 5) is 23.8. The number of aryl methyl sites for hydroxylation is 2. The number of aromatic nitrogens is 2. The van der Waals surface area contributed by atoms with Crippen molar-refractivity contribution in [1.29, 1.82) is 0 Å². The van der Waals surface area contributed by atoms with E-state index in [9.17, 15) is 4.79 Å². The molecule has 0 unspecified atom stereocenters. The predicted molar refractivity (Wildman–Crippen MR) is 147 cm³/mol. The minimum Gasteiger partial charge on any atom is -0.361 e. The second-order valence-corrected chi connectivity index (χ2v) is 9.29. The van der Waals surface area contributed by atoms with Crippen molar-refractivity contribution in [2.45, 2.75) is 26.8 Å². The quantitative estimate of drug-likeness (QED) is 0.289. The molecule has 1 aliphatic rings. The summed E-state index contributed by atoms with van der Waals surface area (Å²) in [5.41, 5.74) is 7.15. The predicted octanol–water partition coefficient (Wildman–Crippen LogP) is 6.32. The molecule has 6 rings (SSSR count). The lowest BCUT2D eigenvalue weighted by Gasteiger charge is -2.18. The topological polar surface area (TPSA) is 53.4 Å². The van der Waals surface area contributed by atoms with Crippen LogP contribution < -0.4 is 0 Å². The smallest absolute Gasteiger partial charge is 0.278 e. The Hall–Kier alpha value is -4.38. The van der Waals surface area contributed by atoms with Crippen LogP contribution >= 0.6 is 0 Å². The molecule has 178 valence electrons. The number of hydrogen-bond donors (Lipinski definition) is 1. The van der Waals surface area contributed by atoms with E-state index in [0.29, 0.717) is 18.1 Å². The Morgan fingerprint density at radius 3 is 2.61 bits per heavy atom. The number of rotatable bonds is 6. The van der Waals surface area contributed by atoms with Gasteiger partial charge in [-0.05, 0) is 50.1 Å². The number of para-hydroxylation sites is 1. The first-order chi connectivity index (χ1) is 17.6. The number of carbonyl (C=O) groups excluding carboxylic acids is 1. The maximum Gasteiger partial charge on any atom is 0.278 e. The van der Waals surface area contributed by atoms with E-state index in [1.807, 2.05) is 53.4 Å². The standard InChI is InChI=1S/C31H28N4O/c1-3-34-20-24(25-11-7-8-12-29(25)34)18-28-31(36)35(30(33-28)22-9-5-4-6-10-22)16-15-23-19-32-27-14-13-21(2)17-26(23)27/h4-14,17-20,32H,3,15-16H2,1-2H3/b28-18-. The van der Waals surface area contributed by atoms with Gasteiger partial charge in [0.25, 0.3) is 5.91 Å². The van der Waals surface area contributed by atoms with Crippen LogP contribution in [0.3, 0.4) is 0 Å². The summed E-state index contributed by atoms with van der Waals surface area (Å²) in [5, 5.41) is 2.34. The van der Waals surface area contributed by atoms with Crippen LogP contribution in [0.25, 0.3) is 27.9 Å². The summed E-state index contributed by atoms with van der Waals surface area (Å²) in [5.74, 6) is 0.653. The van der Waals surface area contributed by atoms with Gasteiger partial charge in [-0.1, -0.05) is 60.2 Å². The van der Waals surface area contributed by atoms with Gasteiger partial charge in [0.2, 0.25) is 0 Å². The van der Waals surface area contributed by atoms with Gasteiger partial charge >= 0.3 is 0 Å². The highest BCUT2D eigenvalue weighted by Crippen LogP contribution is 2.28. The van der Waals surface area contributed by atoms with E-state index in [0.717, 1.165) is 40.5 Å². The van der Waals surface area contributed by atoms with Crippen LogP contribution in [0.5, 0.6) is 0 Å². The van der Waals surface area contributed by atoms with Crippen LogP contribution in [0.1, 0.15) is 29.2 Å². The Morgan fingerprint density at radius 1 is 0.972 bits per heavy atom. The van der Waals surface area contributed by atoms with Gasteiger partial charge in [-0.3, -0.25) is 9.69 Å². The SMILES string of the molecule is CCn1cc(/C=C2\N=C(c3ccccc3)N(CCc3c[nH]c4ccc(C)cc34)C2=O)c2ccccc21. The molecule has 1 N–H and O–H groups in total. The van der Waals surface area contributed by atoms with E-state index in [4.69, 9.17) is 4.99 Å². The summed E-state index contributed by atoms with van der Waals surface area (Å²) < 4.78 is 2.21. The highest BCUT2D eigenvalue weighted by molar-refractivity contribution is 6.20. The van der Waals surface area contributed by atoms with E-state index in [2.05, 4.69) is 66.1 Å². The Balaban J connectivity index is 1.37. The fourth-order valence-corrected chi connectivity index (χ4v) is 5.10. The molecule has 0 saturated carbocycles. The van der Waals surface area contributed by atoms with Crippen molar-refractivity contribution in [3.63, 3.8) is 0 Å². The van der Waals surface area contributed by atoms with Crippen LogP contribution in [0, 0.1) is 6.92 Å². The zero-order valence-corrected chi connectivity index (χ0v) is 20.5. The molecule has 3 aromatic carbocycles. The molecule has 0 saturated heterocycles. The summed E-state index contributed by atoms with van der Waals surface area (Å²) in [6.07, 6.45) is 6.85. The van der Waals surface area contributed by atoms with Crippen molar-refractivity contribution in [2.24, 2.45) is 4.99 Å². The van der Waals surface area contributed by atoms with Crippen molar-refractivity contribution in [2.75, 3.05) is 6.54 Å². The number of nitrogens with one attached hydrogen (secondary N) is 1. The van der Waals surface area contributed by atoms with Crippen LogP contribution in [0.2, 0.25) is 0 Å². The molecule has 0 spiro atoms. The molecule has 0 aliphatic carbocycles. The number of H-pyrrole nitrogens is 1. The van der Waals surface area contributed by atoms with Gasteiger partial charge < -0.3 is 9.55 Å². The molecule has 0 radical (unpaired) electrons. The van der Waals surface area contributed by atoms with Crippen molar-refractivity contribution < 1.29 is 4.79 Å². The summed E-state index contributed by atoms with van der Waals surface area (Å²) >= 11 is 0. The second kappa shape index (κ2) is 9.00. The Labute approximate surface area is 210 Å². The maximum atomic E-state index is 13.7. The van der Waals surface area contributed by atoms with E-state index in [1.54, 1.807) is 0 Å². The average molecular weight is 473 g/mol. The van der Waals surface area contributed by atoms with Gasteiger partial charge in [-0.25, -0.2) is 4.99 Å². The van der Waals surface area contributed by atoms with Crippen LogP contribution in [-0.2, 0) is 17.8 Å². The highest BCUT2D eigenvalue weighted by Gasteiger charge is 2.31. The number of aliphatic imine (C=N–C) groups is 1. The Bertz CT molecular complexity index is 1650. The number of amides is 1. The summed E-state index contributed by atoms with van der Waals surface area (Å²) in [6, 6.07) is 24.7. The van der Waals surface area contributed by atoms with Gasteiger partial charge in [0.05, 0.1) is 0 Å². The van der Waals surface area contributed by atoms with Gasteiger partial charge in [0.15, 0.2) is 0 Å². The van der Waals surface area contributed by atoms with Crippen molar-refractivity contribution in [3.05, 3.63) is 113 Å². The monoisotopic (exact) mass is 472 g/mol. The first kappa shape index (κ1) is 22.1.